The molecule has 2 aliphatic rings. The number of amides is 1. The van der Waals surface area contributed by atoms with Gasteiger partial charge in [0.05, 0.1) is 12.3 Å². The molecule has 0 radical (unpaired) electrons. The predicted octanol–water partition coefficient (Wildman–Crippen LogP) is 2.57. The monoisotopic (exact) mass is 356 g/mol. The average molecular weight is 357 g/mol. The predicted molar refractivity (Wildman–Crippen MR) is 93.0 cm³/mol. The van der Waals surface area contributed by atoms with Crippen molar-refractivity contribution in [3.63, 3.8) is 0 Å². The Kier molecular flexibility index (Phi) is 4.36. The summed E-state index contributed by atoms with van der Waals surface area (Å²) in [6, 6.07) is 9.19. The zero-order valence-electron chi connectivity index (χ0n) is 13.5. The van der Waals surface area contributed by atoms with E-state index in [0.717, 1.165) is 24.1 Å². The molecular weight excluding hydrogens is 340 g/mol. The van der Waals surface area contributed by atoms with Crippen LogP contribution in [-0.4, -0.2) is 27.3 Å². The molecule has 1 aliphatic heterocycles. The van der Waals surface area contributed by atoms with Crippen LogP contribution >= 0.6 is 11.6 Å². The number of oxime groups is 1. The van der Waals surface area contributed by atoms with Crippen LogP contribution in [0.15, 0.2) is 52.9 Å². The number of rotatable bonds is 4. The summed E-state index contributed by atoms with van der Waals surface area (Å²) in [5, 5.41) is 4.50. The van der Waals surface area contributed by atoms with Crippen LogP contribution in [0.5, 0.6) is 0 Å². The first-order chi connectivity index (χ1) is 12.2. The second-order valence-corrected chi connectivity index (χ2v) is 6.67. The number of aromatic nitrogens is 2. The molecule has 0 bridgehead atoms. The maximum atomic E-state index is 12.4. The molecule has 4 rings (SSSR count). The molecule has 2 aromatic rings. The Hall–Kier alpha value is -2.47. The van der Waals surface area contributed by atoms with Gasteiger partial charge in [-0.15, -0.1) is 0 Å². The lowest BCUT2D eigenvalue weighted by Crippen LogP contribution is -2.26. The Morgan fingerprint density at radius 3 is 2.96 bits per heavy atom. The minimum absolute atomic E-state index is 0.298. The lowest BCUT2D eigenvalue weighted by molar-refractivity contribution is -0.127. The van der Waals surface area contributed by atoms with Gasteiger partial charge in [-0.05, 0) is 36.6 Å². The molecule has 0 N–H and O–H groups in total. The van der Waals surface area contributed by atoms with Crippen LogP contribution in [0, 0.1) is 5.92 Å². The van der Waals surface area contributed by atoms with E-state index in [9.17, 15) is 4.79 Å². The maximum Gasteiger partial charge on any atom is 0.291 e. The Bertz CT molecular complexity index is 884. The molecule has 0 saturated heterocycles. The second kappa shape index (κ2) is 6.80. The van der Waals surface area contributed by atoms with Gasteiger partial charge in [-0.1, -0.05) is 28.9 Å². The molecule has 128 valence electrons. The Morgan fingerprint density at radius 2 is 2.20 bits per heavy atom. The highest BCUT2D eigenvalue weighted by molar-refractivity contribution is 6.29. The summed E-state index contributed by atoms with van der Waals surface area (Å²) in [6.07, 6.45) is 5.84. The quantitative estimate of drug-likeness (QED) is 0.790. The number of halogens is 1. The first-order valence-electron chi connectivity index (χ1n) is 8.26. The van der Waals surface area contributed by atoms with E-state index in [0.29, 0.717) is 29.5 Å². The third-order valence-corrected chi connectivity index (χ3v) is 4.52. The van der Waals surface area contributed by atoms with Crippen molar-refractivity contribution in [3.05, 3.63) is 58.9 Å². The van der Waals surface area contributed by atoms with E-state index < -0.39 is 6.10 Å². The summed E-state index contributed by atoms with van der Waals surface area (Å²) in [5.74, 6) is 0.213. The molecule has 0 aromatic carbocycles. The molecule has 3 heterocycles. The van der Waals surface area contributed by atoms with Gasteiger partial charge in [0.25, 0.3) is 5.91 Å². The van der Waals surface area contributed by atoms with Crippen LogP contribution in [0.25, 0.3) is 0 Å². The van der Waals surface area contributed by atoms with E-state index in [1.54, 1.807) is 18.3 Å². The van der Waals surface area contributed by atoms with Crippen LogP contribution < -0.4 is 5.49 Å². The van der Waals surface area contributed by atoms with Crippen LogP contribution in [0.1, 0.15) is 24.8 Å². The van der Waals surface area contributed by atoms with E-state index in [2.05, 4.69) is 15.1 Å². The summed E-state index contributed by atoms with van der Waals surface area (Å²) in [5.41, 5.74) is 2.55. The largest absolute Gasteiger partial charge is 0.382 e. The number of pyridine rings is 2. The minimum Gasteiger partial charge on any atom is -0.382 e. The van der Waals surface area contributed by atoms with E-state index in [4.69, 9.17) is 16.4 Å². The zero-order valence-corrected chi connectivity index (χ0v) is 14.3. The van der Waals surface area contributed by atoms with E-state index in [1.165, 1.54) is 0 Å². The van der Waals surface area contributed by atoms with E-state index in [-0.39, 0.29) is 5.91 Å². The molecule has 2 aromatic heterocycles. The molecule has 7 heteroatoms. The number of hydrogen-bond acceptors (Lipinski definition) is 4. The van der Waals surface area contributed by atoms with Gasteiger partial charge < -0.3 is 9.40 Å². The summed E-state index contributed by atoms with van der Waals surface area (Å²) in [7, 11) is 0. The fraction of sp³-hybridized carbons (Fsp3) is 0.333. The molecule has 25 heavy (non-hydrogen) atoms. The van der Waals surface area contributed by atoms with E-state index in [1.807, 2.05) is 29.0 Å². The summed E-state index contributed by atoms with van der Waals surface area (Å²) >= 11 is 5.82. The molecule has 0 spiro atoms. The summed E-state index contributed by atoms with van der Waals surface area (Å²) < 4.78 is 1.89. The smallest absolute Gasteiger partial charge is 0.291 e. The first-order valence-corrected chi connectivity index (χ1v) is 8.64. The highest BCUT2D eigenvalue weighted by Gasteiger charge is 2.36. The molecule has 1 saturated carbocycles. The average Bonchev–Trinajstić information content (AvgIpc) is 3.35. The molecule has 1 fully saturated rings. The Labute approximate surface area is 149 Å². The van der Waals surface area contributed by atoms with Crippen molar-refractivity contribution in [2.75, 3.05) is 0 Å². The molecule has 6 nitrogen and oxygen atoms in total. The van der Waals surface area contributed by atoms with Gasteiger partial charge in [-0.3, -0.25) is 4.79 Å². The minimum atomic E-state index is -0.596. The Morgan fingerprint density at radius 1 is 1.32 bits per heavy atom. The second-order valence-electron chi connectivity index (χ2n) is 6.28. The molecule has 1 atom stereocenters. The number of carbonyl (C=O) groups is 1. The lowest BCUT2D eigenvalue weighted by atomic mass is 10.1. The number of hydrogen-bond donors (Lipinski definition) is 0. The van der Waals surface area contributed by atoms with Crippen molar-refractivity contribution in [1.29, 1.82) is 0 Å². The molecular formula is C18H17ClN4O2. The van der Waals surface area contributed by atoms with Gasteiger partial charge in [-0.25, -0.2) is 4.98 Å². The highest BCUT2D eigenvalue weighted by atomic mass is 35.5. The van der Waals surface area contributed by atoms with Gasteiger partial charge in [0, 0.05) is 24.7 Å². The Balaban J connectivity index is 1.52. The number of nitrogens with zero attached hydrogens (tertiary/aromatic N) is 4. The van der Waals surface area contributed by atoms with Crippen LogP contribution in [0.4, 0.5) is 0 Å². The van der Waals surface area contributed by atoms with Gasteiger partial charge in [0.2, 0.25) is 6.10 Å². The molecule has 1 amide bonds. The van der Waals surface area contributed by atoms with Gasteiger partial charge in [0.1, 0.15) is 10.6 Å². The van der Waals surface area contributed by atoms with Crippen LogP contribution in [-0.2, 0) is 16.2 Å². The summed E-state index contributed by atoms with van der Waals surface area (Å²) in [6.45, 7) is 0.548. The van der Waals surface area contributed by atoms with Gasteiger partial charge in [-0.2, -0.15) is 4.99 Å². The van der Waals surface area contributed by atoms with Crippen molar-refractivity contribution in [2.24, 2.45) is 16.1 Å². The maximum absolute atomic E-state index is 12.4. The zero-order chi connectivity index (χ0) is 17.2. The van der Waals surface area contributed by atoms with E-state index >= 15 is 0 Å². The van der Waals surface area contributed by atoms with Gasteiger partial charge in [0.15, 0.2) is 0 Å². The fourth-order valence-electron chi connectivity index (χ4n) is 2.77. The third kappa shape index (κ3) is 3.79. The fourth-order valence-corrected chi connectivity index (χ4v) is 2.88. The van der Waals surface area contributed by atoms with Crippen molar-refractivity contribution < 1.29 is 9.63 Å². The molecule has 1 unspecified atom stereocenters. The van der Waals surface area contributed by atoms with Crippen molar-refractivity contribution in [2.45, 2.75) is 31.9 Å². The van der Waals surface area contributed by atoms with Gasteiger partial charge >= 0.3 is 0 Å². The van der Waals surface area contributed by atoms with Crippen molar-refractivity contribution in [1.82, 2.24) is 9.55 Å². The van der Waals surface area contributed by atoms with Crippen LogP contribution in [0.3, 0.4) is 0 Å². The highest BCUT2D eigenvalue weighted by Crippen LogP contribution is 2.34. The molecule has 1 aliphatic carbocycles. The topological polar surface area (TPSA) is 68.8 Å². The third-order valence-electron chi connectivity index (χ3n) is 4.30. The standard InChI is InChI=1S/C18H17ClN4O2/c19-16-7-4-12(10-20-16)11-23-8-2-1-3-17(23)21-18(24)15-9-14(22-25-15)13-5-6-13/h1-4,7-8,10,13,15H,5-6,9,11H2. The first kappa shape index (κ1) is 16.0. The normalized spacial score (nSPS) is 20.3. The van der Waals surface area contributed by atoms with Crippen molar-refractivity contribution >= 4 is 23.2 Å². The SMILES string of the molecule is O=C(N=c1ccccn1Cc1ccc(Cl)nc1)C1CC(C2CC2)=NO1. The van der Waals surface area contributed by atoms with Crippen molar-refractivity contribution in [3.8, 4) is 0 Å². The number of carbonyl (C=O) groups excluding carboxylic acids is 1. The van der Waals surface area contributed by atoms with Crippen LogP contribution in [0.2, 0.25) is 5.15 Å². The summed E-state index contributed by atoms with van der Waals surface area (Å²) in [4.78, 5) is 26.1. The lowest BCUT2D eigenvalue weighted by Gasteiger charge is -2.08.